The molecule has 1 aromatic carbocycles. The number of aldehydes is 1. The van der Waals surface area contributed by atoms with Crippen molar-refractivity contribution in [3.63, 3.8) is 0 Å². The van der Waals surface area contributed by atoms with Crippen LogP contribution in [0.25, 0.3) is 0 Å². The largest absolute Gasteiger partial charge is 0.486 e. The maximum atomic E-state index is 10.9. The highest BCUT2D eigenvalue weighted by molar-refractivity contribution is 6.36. The molecule has 0 saturated heterocycles. The molecule has 2 rings (SSSR count). The van der Waals surface area contributed by atoms with Crippen molar-refractivity contribution in [1.82, 2.24) is 5.16 Å². The summed E-state index contributed by atoms with van der Waals surface area (Å²) in [6, 6.07) is 3.00. The highest BCUT2D eigenvalue weighted by Crippen LogP contribution is 2.31. The molecular weight excluding hydrogens is 265 g/mol. The molecule has 17 heavy (non-hydrogen) atoms. The van der Waals surface area contributed by atoms with Crippen molar-refractivity contribution in [2.45, 2.75) is 6.61 Å². The molecule has 0 aliphatic rings. The number of nitrogens with zero attached hydrogens (tertiary/aromatic N) is 1. The van der Waals surface area contributed by atoms with Gasteiger partial charge in [0.25, 0.3) is 0 Å². The number of halogens is 2. The Labute approximate surface area is 107 Å². The molecule has 0 aliphatic carbocycles. The van der Waals surface area contributed by atoms with Crippen LogP contribution in [0.5, 0.6) is 5.75 Å². The summed E-state index contributed by atoms with van der Waals surface area (Å²) in [4.78, 5) is 10.9. The molecule has 1 heterocycles. The van der Waals surface area contributed by atoms with Crippen LogP contribution in [0.15, 0.2) is 29.1 Å². The van der Waals surface area contributed by atoms with Gasteiger partial charge in [0.2, 0.25) is 0 Å². The van der Waals surface area contributed by atoms with Crippen LogP contribution in [0.1, 0.15) is 15.9 Å². The van der Waals surface area contributed by atoms with E-state index in [1.165, 1.54) is 24.6 Å². The molecule has 0 unspecified atom stereocenters. The highest BCUT2D eigenvalue weighted by Gasteiger charge is 2.10. The Kier molecular flexibility index (Phi) is 3.66. The lowest BCUT2D eigenvalue weighted by atomic mass is 10.2. The second-order valence-electron chi connectivity index (χ2n) is 3.25. The van der Waals surface area contributed by atoms with Crippen molar-refractivity contribution in [2.75, 3.05) is 0 Å². The monoisotopic (exact) mass is 271 g/mol. The fourth-order valence-electron chi connectivity index (χ4n) is 1.27. The summed E-state index contributed by atoms with van der Waals surface area (Å²) in [5.74, 6) is 0.298. The molecule has 1 aromatic heterocycles. The molecule has 4 nitrogen and oxygen atoms in total. The van der Waals surface area contributed by atoms with Crippen molar-refractivity contribution in [3.8, 4) is 5.75 Å². The van der Waals surface area contributed by atoms with E-state index >= 15 is 0 Å². The number of rotatable bonds is 4. The maximum absolute atomic E-state index is 10.9. The molecule has 0 N–H and O–H groups in total. The molecule has 0 aliphatic heterocycles. The van der Waals surface area contributed by atoms with Crippen LogP contribution in [-0.4, -0.2) is 11.4 Å². The first-order chi connectivity index (χ1) is 8.20. The van der Waals surface area contributed by atoms with Crippen LogP contribution in [0.3, 0.4) is 0 Å². The normalized spacial score (nSPS) is 10.2. The van der Waals surface area contributed by atoms with Crippen molar-refractivity contribution in [3.05, 3.63) is 45.8 Å². The third-order valence-corrected chi connectivity index (χ3v) is 2.53. The number of ether oxygens (including phenoxy) is 1. The molecule has 6 heteroatoms. The molecule has 0 atom stereocenters. The van der Waals surface area contributed by atoms with E-state index in [4.69, 9.17) is 27.9 Å². The van der Waals surface area contributed by atoms with E-state index in [1.54, 1.807) is 0 Å². The fraction of sp³-hybridized carbons (Fsp3) is 0.0909. The van der Waals surface area contributed by atoms with Gasteiger partial charge in [0.05, 0.1) is 16.8 Å². The van der Waals surface area contributed by atoms with Gasteiger partial charge in [-0.2, -0.15) is 0 Å². The molecule has 0 radical (unpaired) electrons. The van der Waals surface area contributed by atoms with E-state index < -0.39 is 0 Å². The van der Waals surface area contributed by atoms with Gasteiger partial charge >= 0.3 is 0 Å². The summed E-state index contributed by atoms with van der Waals surface area (Å²) in [5.41, 5.74) is 1.05. The first-order valence-electron chi connectivity index (χ1n) is 4.66. The summed E-state index contributed by atoms with van der Waals surface area (Å²) in [5, 5.41) is 4.21. The second kappa shape index (κ2) is 5.21. The molecule has 0 fully saturated rings. The lowest BCUT2D eigenvalue weighted by Crippen LogP contribution is -1.98. The zero-order valence-corrected chi connectivity index (χ0v) is 10.0. The third kappa shape index (κ3) is 2.78. The van der Waals surface area contributed by atoms with E-state index in [0.717, 1.165) is 5.56 Å². The van der Waals surface area contributed by atoms with Crippen molar-refractivity contribution in [1.29, 1.82) is 0 Å². The Morgan fingerprint density at radius 3 is 2.88 bits per heavy atom. The van der Waals surface area contributed by atoms with Crippen LogP contribution >= 0.6 is 23.2 Å². The van der Waals surface area contributed by atoms with Gasteiger partial charge in [-0.1, -0.05) is 28.4 Å². The number of benzene rings is 1. The predicted molar refractivity (Wildman–Crippen MR) is 62.7 cm³/mol. The van der Waals surface area contributed by atoms with Gasteiger partial charge in [-0.15, -0.1) is 0 Å². The minimum atomic E-state index is 0.214. The Bertz CT molecular complexity index is 526. The average molecular weight is 272 g/mol. The van der Waals surface area contributed by atoms with Crippen molar-refractivity contribution >= 4 is 29.5 Å². The fourth-order valence-corrected chi connectivity index (χ4v) is 1.84. The standard InChI is InChI=1S/C11H7Cl2NO3/c12-9-1-8(4-15)11(10(13)2-9)16-5-7-3-14-17-6-7/h1-4,6H,5H2. The van der Waals surface area contributed by atoms with Gasteiger partial charge in [-0.25, -0.2) is 0 Å². The van der Waals surface area contributed by atoms with Gasteiger partial charge in [0, 0.05) is 10.6 Å². The molecule has 2 aromatic rings. The van der Waals surface area contributed by atoms with Crippen LogP contribution < -0.4 is 4.74 Å². The van der Waals surface area contributed by atoms with E-state index in [1.807, 2.05) is 0 Å². The summed E-state index contributed by atoms with van der Waals surface area (Å²) in [7, 11) is 0. The van der Waals surface area contributed by atoms with E-state index in [0.29, 0.717) is 22.6 Å². The quantitative estimate of drug-likeness (QED) is 0.800. The first-order valence-corrected chi connectivity index (χ1v) is 5.41. The molecule has 0 amide bonds. The second-order valence-corrected chi connectivity index (χ2v) is 4.09. The van der Waals surface area contributed by atoms with E-state index in [2.05, 4.69) is 9.68 Å². The SMILES string of the molecule is O=Cc1cc(Cl)cc(Cl)c1OCc1cnoc1. The molecule has 0 spiro atoms. The minimum Gasteiger partial charge on any atom is -0.486 e. The molecule has 0 saturated carbocycles. The highest BCUT2D eigenvalue weighted by atomic mass is 35.5. The summed E-state index contributed by atoms with van der Waals surface area (Å²) < 4.78 is 10.1. The van der Waals surface area contributed by atoms with Crippen LogP contribution in [0.2, 0.25) is 10.0 Å². The zero-order valence-electron chi connectivity index (χ0n) is 8.52. The zero-order chi connectivity index (χ0) is 12.3. The minimum absolute atomic E-state index is 0.214. The predicted octanol–water partition coefficient (Wildman–Crippen LogP) is 3.37. The number of carbonyl (C=O) groups is 1. The molecule has 88 valence electrons. The maximum Gasteiger partial charge on any atom is 0.153 e. The van der Waals surface area contributed by atoms with Crippen molar-refractivity contribution in [2.24, 2.45) is 0 Å². The van der Waals surface area contributed by atoms with Crippen LogP contribution in [0.4, 0.5) is 0 Å². The smallest absolute Gasteiger partial charge is 0.153 e. The first kappa shape index (κ1) is 12.0. The van der Waals surface area contributed by atoms with Gasteiger partial charge in [-0.3, -0.25) is 4.79 Å². The summed E-state index contributed by atoms with van der Waals surface area (Å²) in [6.07, 6.45) is 3.61. The molecular formula is C11H7Cl2NO3. The molecule has 0 bridgehead atoms. The number of carbonyl (C=O) groups excluding carboxylic acids is 1. The summed E-state index contributed by atoms with van der Waals surface area (Å²) >= 11 is 11.7. The topological polar surface area (TPSA) is 52.3 Å². The van der Waals surface area contributed by atoms with E-state index in [-0.39, 0.29) is 11.6 Å². The Balaban J connectivity index is 2.22. The van der Waals surface area contributed by atoms with Crippen molar-refractivity contribution < 1.29 is 14.1 Å². The van der Waals surface area contributed by atoms with Crippen LogP contribution in [0, 0.1) is 0 Å². The number of hydrogen-bond acceptors (Lipinski definition) is 4. The van der Waals surface area contributed by atoms with Gasteiger partial charge < -0.3 is 9.26 Å². The Morgan fingerprint density at radius 1 is 1.41 bits per heavy atom. The number of aromatic nitrogens is 1. The average Bonchev–Trinajstić information content (AvgIpc) is 2.79. The lowest BCUT2D eigenvalue weighted by molar-refractivity contribution is 0.111. The van der Waals surface area contributed by atoms with Crippen LogP contribution in [-0.2, 0) is 6.61 Å². The van der Waals surface area contributed by atoms with Gasteiger partial charge in [-0.05, 0) is 12.1 Å². The Morgan fingerprint density at radius 2 is 2.24 bits per heavy atom. The Hall–Kier alpha value is -1.52. The lowest BCUT2D eigenvalue weighted by Gasteiger charge is -2.09. The van der Waals surface area contributed by atoms with Gasteiger partial charge in [0.15, 0.2) is 6.29 Å². The van der Waals surface area contributed by atoms with E-state index in [9.17, 15) is 4.79 Å². The number of hydrogen-bond donors (Lipinski definition) is 0. The van der Waals surface area contributed by atoms with Gasteiger partial charge in [0.1, 0.15) is 18.6 Å². The summed E-state index contributed by atoms with van der Waals surface area (Å²) in [6.45, 7) is 0.214. The third-order valence-electron chi connectivity index (χ3n) is 2.03.